The number of aromatic amines is 1. The molecule has 6 heteroatoms. The highest BCUT2D eigenvalue weighted by molar-refractivity contribution is 7.97. The van der Waals surface area contributed by atoms with Crippen LogP contribution in [0.15, 0.2) is 41.6 Å². The molecule has 3 aromatic rings. The topological polar surface area (TPSA) is 62.8 Å². The quantitative estimate of drug-likeness (QED) is 0.721. The molecular weight excluding hydrogens is 308 g/mol. The summed E-state index contributed by atoms with van der Waals surface area (Å²) < 4.78 is 8.85. The minimum absolute atomic E-state index is 0.449. The molecular formula is C17H18N4OS. The molecule has 0 amide bonds. The highest BCUT2D eigenvalue weighted by Crippen LogP contribution is 2.28. The zero-order valence-corrected chi connectivity index (χ0v) is 13.7. The predicted molar refractivity (Wildman–Crippen MR) is 91.7 cm³/mol. The molecule has 1 aliphatic carbocycles. The fraction of sp³-hybridized carbons (Fsp3) is 0.294. The number of aryl methyl sites for hydroxylation is 1. The number of aromatic nitrogens is 3. The van der Waals surface area contributed by atoms with Gasteiger partial charge in [0.15, 0.2) is 5.65 Å². The average molecular weight is 326 g/mol. The Morgan fingerprint density at radius 1 is 1.35 bits per heavy atom. The lowest BCUT2D eigenvalue weighted by Gasteiger charge is -2.25. The van der Waals surface area contributed by atoms with Gasteiger partial charge in [0.25, 0.3) is 0 Å². The Labute approximate surface area is 139 Å². The Morgan fingerprint density at radius 2 is 2.30 bits per heavy atom. The first kappa shape index (κ1) is 14.5. The van der Waals surface area contributed by atoms with Gasteiger partial charge in [-0.3, -0.25) is 9.82 Å². The number of rotatable bonds is 4. The maximum absolute atomic E-state index is 5.27. The number of hydrogen-bond acceptors (Lipinski definition) is 5. The Kier molecular flexibility index (Phi) is 3.93. The van der Waals surface area contributed by atoms with Gasteiger partial charge in [-0.2, -0.15) is 5.10 Å². The number of pyridine rings is 1. The third kappa shape index (κ3) is 2.92. The number of H-pyrrole nitrogens is 1. The van der Waals surface area contributed by atoms with E-state index in [-0.39, 0.29) is 0 Å². The maximum atomic E-state index is 5.27. The van der Waals surface area contributed by atoms with E-state index in [0.717, 1.165) is 30.7 Å². The number of ether oxygens (including phenoxy) is 1. The SMILES string of the molecule is COc1cccc(SNC2CCc3c(cnc4[nH]ncc34)C2)c1. The van der Waals surface area contributed by atoms with E-state index in [9.17, 15) is 0 Å². The van der Waals surface area contributed by atoms with Crippen molar-refractivity contribution in [3.63, 3.8) is 0 Å². The Morgan fingerprint density at radius 3 is 3.22 bits per heavy atom. The van der Waals surface area contributed by atoms with Crippen molar-refractivity contribution in [3.05, 3.63) is 47.8 Å². The summed E-state index contributed by atoms with van der Waals surface area (Å²) in [6, 6.07) is 8.56. The maximum Gasteiger partial charge on any atom is 0.155 e. The Bertz CT molecular complexity index is 832. The normalized spacial score (nSPS) is 17.2. The number of fused-ring (bicyclic) bond motifs is 3. The van der Waals surface area contributed by atoms with Gasteiger partial charge in [-0.25, -0.2) is 4.98 Å². The highest BCUT2D eigenvalue weighted by Gasteiger charge is 2.21. The van der Waals surface area contributed by atoms with Crippen LogP contribution in [-0.4, -0.2) is 28.3 Å². The van der Waals surface area contributed by atoms with Crippen LogP contribution < -0.4 is 9.46 Å². The molecule has 0 saturated carbocycles. The molecule has 4 rings (SSSR count). The molecule has 0 fully saturated rings. The largest absolute Gasteiger partial charge is 0.497 e. The first-order chi connectivity index (χ1) is 11.3. The van der Waals surface area contributed by atoms with Crippen LogP contribution in [0.25, 0.3) is 11.0 Å². The molecule has 1 aromatic carbocycles. The van der Waals surface area contributed by atoms with Gasteiger partial charge in [0, 0.05) is 22.5 Å². The van der Waals surface area contributed by atoms with Crippen molar-refractivity contribution in [1.82, 2.24) is 19.9 Å². The van der Waals surface area contributed by atoms with E-state index in [0.29, 0.717) is 6.04 Å². The van der Waals surface area contributed by atoms with Gasteiger partial charge in [-0.15, -0.1) is 0 Å². The van der Waals surface area contributed by atoms with E-state index < -0.39 is 0 Å². The van der Waals surface area contributed by atoms with E-state index in [1.165, 1.54) is 21.4 Å². The van der Waals surface area contributed by atoms with Crippen molar-refractivity contribution in [2.75, 3.05) is 7.11 Å². The lowest BCUT2D eigenvalue weighted by Crippen LogP contribution is -2.30. The molecule has 1 atom stereocenters. The highest BCUT2D eigenvalue weighted by atomic mass is 32.2. The molecule has 0 saturated heterocycles. The van der Waals surface area contributed by atoms with Gasteiger partial charge in [0.2, 0.25) is 0 Å². The number of nitrogens with one attached hydrogen (secondary N) is 2. The minimum Gasteiger partial charge on any atom is -0.497 e. The molecule has 2 N–H and O–H groups in total. The third-order valence-corrected chi connectivity index (χ3v) is 5.22. The fourth-order valence-electron chi connectivity index (χ4n) is 3.07. The minimum atomic E-state index is 0.449. The second kappa shape index (κ2) is 6.22. The molecule has 1 aliphatic rings. The molecule has 0 radical (unpaired) electrons. The van der Waals surface area contributed by atoms with Crippen molar-refractivity contribution in [1.29, 1.82) is 0 Å². The summed E-state index contributed by atoms with van der Waals surface area (Å²) in [7, 11) is 1.69. The molecule has 0 bridgehead atoms. The summed E-state index contributed by atoms with van der Waals surface area (Å²) in [6.07, 6.45) is 7.05. The lowest BCUT2D eigenvalue weighted by molar-refractivity contribution is 0.413. The molecule has 2 aromatic heterocycles. The van der Waals surface area contributed by atoms with Gasteiger partial charge in [0.1, 0.15) is 5.75 Å². The van der Waals surface area contributed by atoms with Crippen molar-refractivity contribution >= 4 is 23.0 Å². The van der Waals surface area contributed by atoms with Crippen molar-refractivity contribution in [2.24, 2.45) is 0 Å². The summed E-state index contributed by atoms with van der Waals surface area (Å²) in [6.45, 7) is 0. The van der Waals surface area contributed by atoms with Crippen LogP contribution >= 0.6 is 11.9 Å². The van der Waals surface area contributed by atoms with Crippen molar-refractivity contribution in [3.8, 4) is 5.75 Å². The zero-order valence-electron chi connectivity index (χ0n) is 12.9. The van der Waals surface area contributed by atoms with Gasteiger partial charge >= 0.3 is 0 Å². The van der Waals surface area contributed by atoms with E-state index in [1.54, 1.807) is 19.1 Å². The van der Waals surface area contributed by atoms with Crippen LogP contribution in [0.1, 0.15) is 17.5 Å². The fourth-order valence-corrected chi connectivity index (χ4v) is 3.89. The van der Waals surface area contributed by atoms with Crippen LogP contribution in [0.5, 0.6) is 5.75 Å². The first-order valence-electron chi connectivity index (χ1n) is 7.70. The summed E-state index contributed by atoms with van der Waals surface area (Å²) in [5, 5.41) is 8.22. The number of nitrogens with zero attached hydrogens (tertiary/aromatic N) is 2. The summed E-state index contributed by atoms with van der Waals surface area (Å²) in [5.41, 5.74) is 3.61. The van der Waals surface area contributed by atoms with Crippen LogP contribution in [0.4, 0.5) is 0 Å². The molecule has 2 heterocycles. The van der Waals surface area contributed by atoms with Gasteiger partial charge in [-0.05, 0) is 60.5 Å². The van der Waals surface area contributed by atoms with Crippen LogP contribution in [0.3, 0.4) is 0 Å². The molecule has 1 unspecified atom stereocenters. The number of methoxy groups -OCH3 is 1. The second-order valence-electron chi connectivity index (χ2n) is 5.73. The molecule has 118 valence electrons. The first-order valence-corrected chi connectivity index (χ1v) is 8.51. The van der Waals surface area contributed by atoms with Crippen LogP contribution in [0, 0.1) is 0 Å². The standard InChI is InChI=1S/C17H18N4OS/c1-22-13-3-2-4-14(8-13)23-21-12-5-6-15-11(7-12)9-18-17-16(15)10-19-20-17/h2-4,8-10,12,21H,5-7H2,1H3,(H,18,19,20). The Hall–Kier alpha value is -2.05. The molecule has 23 heavy (non-hydrogen) atoms. The Balaban J connectivity index is 1.45. The smallest absolute Gasteiger partial charge is 0.155 e. The predicted octanol–water partition coefficient (Wildman–Crippen LogP) is 3.12. The summed E-state index contributed by atoms with van der Waals surface area (Å²) in [5.74, 6) is 0.886. The van der Waals surface area contributed by atoms with Gasteiger partial charge in [-0.1, -0.05) is 6.07 Å². The van der Waals surface area contributed by atoms with E-state index >= 15 is 0 Å². The molecule has 5 nitrogen and oxygen atoms in total. The number of hydrogen-bond donors (Lipinski definition) is 2. The van der Waals surface area contributed by atoms with Crippen LogP contribution in [0.2, 0.25) is 0 Å². The van der Waals surface area contributed by atoms with Crippen LogP contribution in [-0.2, 0) is 12.8 Å². The summed E-state index contributed by atoms with van der Waals surface area (Å²) in [4.78, 5) is 5.63. The second-order valence-corrected chi connectivity index (χ2v) is 6.64. The average Bonchev–Trinajstić information content (AvgIpc) is 3.09. The molecule has 0 aliphatic heterocycles. The van der Waals surface area contributed by atoms with E-state index in [2.05, 4.69) is 26.0 Å². The van der Waals surface area contributed by atoms with E-state index in [1.807, 2.05) is 30.6 Å². The third-order valence-electron chi connectivity index (χ3n) is 4.28. The van der Waals surface area contributed by atoms with Gasteiger partial charge in [0.05, 0.1) is 13.3 Å². The van der Waals surface area contributed by atoms with Crippen molar-refractivity contribution in [2.45, 2.75) is 30.2 Å². The zero-order chi connectivity index (χ0) is 15.6. The van der Waals surface area contributed by atoms with E-state index in [4.69, 9.17) is 4.74 Å². The number of benzene rings is 1. The monoisotopic (exact) mass is 326 g/mol. The summed E-state index contributed by atoms with van der Waals surface area (Å²) >= 11 is 1.67. The van der Waals surface area contributed by atoms with Crippen molar-refractivity contribution < 1.29 is 4.74 Å². The van der Waals surface area contributed by atoms with Gasteiger partial charge < -0.3 is 4.74 Å². The lowest BCUT2D eigenvalue weighted by atomic mass is 9.88. The molecule has 0 spiro atoms.